The van der Waals surface area contributed by atoms with E-state index < -0.39 is 0 Å². The predicted molar refractivity (Wildman–Crippen MR) is 68.4 cm³/mol. The van der Waals surface area contributed by atoms with E-state index in [4.69, 9.17) is 0 Å². The van der Waals surface area contributed by atoms with E-state index in [0.29, 0.717) is 0 Å². The number of nitrogens with zero attached hydrogens (tertiary/aromatic N) is 1. The third kappa shape index (κ3) is 4.33. The zero-order chi connectivity index (χ0) is 12.2. The minimum Gasteiger partial charge on any atom is -0.396 e. The molecule has 0 fully saturated rings. The summed E-state index contributed by atoms with van der Waals surface area (Å²) < 4.78 is 0. The Bertz CT molecular complexity index is 331. The van der Waals surface area contributed by atoms with Gasteiger partial charge in [0.05, 0.1) is 0 Å². The monoisotopic (exact) mass is 221 g/mol. The Labute approximate surface area is 98.9 Å². The summed E-state index contributed by atoms with van der Waals surface area (Å²) in [5, 5.41) is 9.26. The third-order valence-corrected chi connectivity index (χ3v) is 2.60. The molecule has 1 aromatic carbocycles. The molecule has 90 valence electrons. The van der Waals surface area contributed by atoms with Crippen molar-refractivity contribution in [3.63, 3.8) is 0 Å². The molecular formula is C14H23NO. The van der Waals surface area contributed by atoms with Gasteiger partial charge in [-0.05, 0) is 37.1 Å². The van der Waals surface area contributed by atoms with Crippen molar-refractivity contribution >= 4 is 0 Å². The second kappa shape index (κ2) is 5.46. The van der Waals surface area contributed by atoms with Crippen LogP contribution in [0.2, 0.25) is 0 Å². The van der Waals surface area contributed by atoms with Gasteiger partial charge in [0.15, 0.2) is 0 Å². The lowest BCUT2D eigenvalue weighted by atomic mass is 9.86. The van der Waals surface area contributed by atoms with Crippen molar-refractivity contribution < 1.29 is 5.11 Å². The first-order chi connectivity index (χ1) is 7.43. The number of rotatable bonds is 5. The lowest BCUT2D eigenvalue weighted by molar-refractivity contribution is 0.159. The largest absolute Gasteiger partial charge is 0.396 e. The van der Waals surface area contributed by atoms with Gasteiger partial charge >= 0.3 is 0 Å². The molecule has 1 aromatic rings. The molecule has 16 heavy (non-hydrogen) atoms. The maximum Gasteiger partial charge on any atom is 0.0485 e. The van der Waals surface area contributed by atoms with Crippen LogP contribution in [0.15, 0.2) is 24.3 Å². The number of aliphatic hydroxyl groups excluding tert-OH is 1. The number of benzene rings is 1. The molecule has 2 heteroatoms. The zero-order valence-corrected chi connectivity index (χ0v) is 10.8. The Balaban J connectivity index is 2.74. The molecule has 1 N–H and O–H groups in total. The van der Waals surface area contributed by atoms with Gasteiger partial charge in [-0.25, -0.2) is 0 Å². The van der Waals surface area contributed by atoms with Gasteiger partial charge in [0.1, 0.15) is 0 Å². The normalized spacial score (nSPS) is 12.1. The van der Waals surface area contributed by atoms with Gasteiger partial charge in [0, 0.05) is 13.2 Å². The molecular weight excluding hydrogens is 198 g/mol. The fraction of sp³-hybridized carbons (Fsp3) is 0.571. The first kappa shape index (κ1) is 13.2. The molecule has 0 radical (unpaired) electrons. The summed E-state index contributed by atoms with van der Waals surface area (Å²) in [4.78, 5) is 2.16. The van der Waals surface area contributed by atoms with Gasteiger partial charge in [-0.1, -0.05) is 38.1 Å². The van der Waals surface area contributed by atoms with E-state index in [-0.39, 0.29) is 12.0 Å². The van der Waals surface area contributed by atoms with Crippen LogP contribution < -0.4 is 0 Å². The summed E-state index contributed by atoms with van der Waals surface area (Å²) >= 11 is 0. The topological polar surface area (TPSA) is 23.5 Å². The SMILES string of the molecule is CN(C)Cc1cccc(CC(C)(C)CO)c1. The van der Waals surface area contributed by atoms with Crippen LogP contribution in [0.3, 0.4) is 0 Å². The average Bonchev–Trinajstić information content (AvgIpc) is 2.16. The second-order valence-electron chi connectivity index (χ2n) is 5.56. The van der Waals surface area contributed by atoms with Crippen LogP contribution in [0, 0.1) is 5.41 Å². The molecule has 0 heterocycles. The van der Waals surface area contributed by atoms with Crippen molar-refractivity contribution in [2.75, 3.05) is 20.7 Å². The summed E-state index contributed by atoms with van der Waals surface area (Å²) in [6.45, 7) is 5.37. The molecule has 1 rings (SSSR count). The maximum atomic E-state index is 9.26. The quantitative estimate of drug-likeness (QED) is 0.824. The summed E-state index contributed by atoms with van der Waals surface area (Å²) in [6.07, 6.45) is 0.921. The van der Waals surface area contributed by atoms with Crippen LogP contribution in [0.25, 0.3) is 0 Å². The van der Waals surface area contributed by atoms with Gasteiger partial charge in [0.2, 0.25) is 0 Å². The molecule has 0 saturated carbocycles. The Kier molecular flexibility index (Phi) is 4.51. The van der Waals surface area contributed by atoms with Crippen molar-refractivity contribution in [3.8, 4) is 0 Å². The third-order valence-electron chi connectivity index (χ3n) is 2.60. The fourth-order valence-corrected chi connectivity index (χ4v) is 1.81. The number of hydrogen-bond acceptors (Lipinski definition) is 2. The van der Waals surface area contributed by atoms with Gasteiger partial charge in [-0.3, -0.25) is 0 Å². The number of hydrogen-bond donors (Lipinski definition) is 1. The van der Waals surface area contributed by atoms with Crippen molar-refractivity contribution in [1.82, 2.24) is 4.90 Å². The predicted octanol–water partition coefficient (Wildman–Crippen LogP) is 2.31. The molecule has 0 amide bonds. The van der Waals surface area contributed by atoms with E-state index >= 15 is 0 Å². The van der Waals surface area contributed by atoms with Gasteiger partial charge < -0.3 is 10.0 Å². The molecule has 0 atom stereocenters. The van der Waals surface area contributed by atoms with Crippen LogP contribution in [0.4, 0.5) is 0 Å². The van der Waals surface area contributed by atoms with Crippen LogP contribution in [0.1, 0.15) is 25.0 Å². The van der Waals surface area contributed by atoms with E-state index in [2.05, 4.69) is 57.1 Å². The van der Waals surface area contributed by atoms with Crippen LogP contribution in [-0.2, 0) is 13.0 Å². The maximum absolute atomic E-state index is 9.26. The average molecular weight is 221 g/mol. The highest BCUT2D eigenvalue weighted by molar-refractivity contribution is 5.24. The fourth-order valence-electron chi connectivity index (χ4n) is 1.81. The molecule has 0 aliphatic rings. The first-order valence-corrected chi connectivity index (χ1v) is 5.76. The van der Waals surface area contributed by atoms with E-state index in [1.54, 1.807) is 0 Å². The smallest absolute Gasteiger partial charge is 0.0485 e. The highest BCUT2D eigenvalue weighted by Gasteiger charge is 2.17. The van der Waals surface area contributed by atoms with Gasteiger partial charge in [-0.2, -0.15) is 0 Å². The van der Waals surface area contributed by atoms with Crippen LogP contribution in [0.5, 0.6) is 0 Å². The van der Waals surface area contributed by atoms with Crippen LogP contribution in [-0.4, -0.2) is 30.7 Å². The molecule has 0 unspecified atom stereocenters. The van der Waals surface area contributed by atoms with Gasteiger partial charge in [0.25, 0.3) is 0 Å². The summed E-state index contributed by atoms with van der Waals surface area (Å²) in [5.74, 6) is 0. The van der Waals surface area contributed by atoms with E-state index in [9.17, 15) is 5.11 Å². The Morgan fingerprint density at radius 2 is 1.81 bits per heavy atom. The van der Waals surface area contributed by atoms with E-state index in [0.717, 1.165) is 13.0 Å². The number of aliphatic hydroxyl groups is 1. The van der Waals surface area contributed by atoms with Crippen molar-refractivity contribution in [3.05, 3.63) is 35.4 Å². The first-order valence-electron chi connectivity index (χ1n) is 5.76. The van der Waals surface area contributed by atoms with Crippen LogP contribution >= 0.6 is 0 Å². The molecule has 0 spiro atoms. The molecule has 0 bridgehead atoms. The lowest BCUT2D eigenvalue weighted by Gasteiger charge is -2.22. The lowest BCUT2D eigenvalue weighted by Crippen LogP contribution is -2.20. The Morgan fingerprint density at radius 3 is 2.38 bits per heavy atom. The Hall–Kier alpha value is -0.860. The van der Waals surface area contributed by atoms with Crippen molar-refractivity contribution in [2.45, 2.75) is 26.8 Å². The molecule has 0 aliphatic carbocycles. The molecule has 2 nitrogen and oxygen atoms in total. The second-order valence-corrected chi connectivity index (χ2v) is 5.56. The van der Waals surface area contributed by atoms with Gasteiger partial charge in [-0.15, -0.1) is 0 Å². The zero-order valence-electron chi connectivity index (χ0n) is 10.8. The minimum atomic E-state index is -0.0310. The summed E-state index contributed by atoms with van der Waals surface area (Å²) in [5.41, 5.74) is 2.60. The Morgan fingerprint density at radius 1 is 1.19 bits per heavy atom. The van der Waals surface area contributed by atoms with Crippen molar-refractivity contribution in [1.29, 1.82) is 0 Å². The van der Waals surface area contributed by atoms with E-state index in [1.165, 1.54) is 11.1 Å². The molecule has 0 aromatic heterocycles. The highest BCUT2D eigenvalue weighted by Crippen LogP contribution is 2.21. The van der Waals surface area contributed by atoms with E-state index in [1.807, 2.05) is 0 Å². The minimum absolute atomic E-state index is 0.0310. The highest BCUT2D eigenvalue weighted by atomic mass is 16.3. The molecule has 0 aliphatic heterocycles. The summed E-state index contributed by atoms with van der Waals surface area (Å²) in [7, 11) is 4.15. The van der Waals surface area contributed by atoms with Crippen molar-refractivity contribution in [2.24, 2.45) is 5.41 Å². The molecule has 0 saturated heterocycles. The summed E-state index contributed by atoms with van der Waals surface area (Å²) in [6, 6.07) is 8.62. The standard InChI is InChI=1S/C14H23NO/c1-14(2,11-16)9-12-6-5-7-13(8-12)10-15(3)4/h5-8,16H,9-11H2,1-4H3.